The third-order valence-corrected chi connectivity index (χ3v) is 3.94. The van der Waals surface area contributed by atoms with Gasteiger partial charge in [-0.1, -0.05) is 12.1 Å². The molecule has 1 heterocycles. The minimum atomic E-state index is 0.403. The molecule has 1 fully saturated rings. The maximum Gasteiger partial charge on any atom is 0.0750 e. The van der Waals surface area contributed by atoms with E-state index in [2.05, 4.69) is 41.4 Å². The maximum atomic E-state index is 5.74. The predicted molar refractivity (Wildman–Crippen MR) is 86.9 cm³/mol. The molecule has 1 unspecified atom stereocenters. The summed E-state index contributed by atoms with van der Waals surface area (Å²) in [5.41, 5.74) is 2.59. The number of methoxy groups -OCH3 is 1. The number of benzene rings is 1. The van der Waals surface area contributed by atoms with E-state index in [1.54, 1.807) is 7.11 Å². The summed E-state index contributed by atoms with van der Waals surface area (Å²) in [5, 5.41) is 3.37. The summed E-state index contributed by atoms with van der Waals surface area (Å²) in [6.45, 7) is 7.68. The first-order chi connectivity index (χ1) is 10.3. The van der Waals surface area contributed by atoms with E-state index in [4.69, 9.17) is 9.47 Å². The fraction of sp³-hybridized carbons (Fsp3) is 0.647. The second-order valence-corrected chi connectivity index (χ2v) is 5.51. The first-order valence-corrected chi connectivity index (χ1v) is 7.98. The lowest BCUT2D eigenvalue weighted by molar-refractivity contribution is 0.115. The third kappa shape index (κ3) is 5.30. The van der Waals surface area contributed by atoms with E-state index in [0.29, 0.717) is 6.10 Å². The van der Waals surface area contributed by atoms with Gasteiger partial charge in [0.1, 0.15) is 0 Å². The molecule has 1 aliphatic rings. The summed E-state index contributed by atoms with van der Waals surface area (Å²) in [7, 11) is 1.73. The molecule has 0 radical (unpaired) electrons. The summed E-state index contributed by atoms with van der Waals surface area (Å²) in [6, 6.07) is 8.83. The molecule has 0 bridgehead atoms. The van der Waals surface area contributed by atoms with Gasteiger partial charge < -0.3 is 19.7 Å². The summed E-state index contributed by atoms with van der Waals surface area (Å²) in [5.74, 6) is 0. The van der Waals surface area contributed by atoms with Crippen molar-refractivity contribution in [3.8, 4) is 0 Å². The number of rotatable bonds is 9. The minimum absolute atomic E-state index is 0.403. The molecule has 0 amide bonds. The Labute approximate surface area is 128 Å². The van der Waals surface area contributed by atoms with Gasteiger partial charge in [-0.2, -0.15) is 0 Å². The van der Waals surface area contributed by atoms with Gasteiger partial charge in [0.05, 0.1) is 12.7 Å². The molecule has 1 aliphatic heterocycles. The molecule has 1 atom stereocenters. The monoisotopic (exact) mass is 292 g/mol. The number of hydrogen-bond donors (Lipinski definition) is 1. The smallest absolute Gasteiger partial charge is 0.0750 e. The first-order valence-electron chi connectivity index (χ1n) is 7.98. The van der Waals surface area contributed by atoms with Crippen LogP contribution in [0.3, 0.4) is 0 Å². The van der Waals surface area contributed by atoms with Crippen molar-refractivity contribution in [3.63, 3.8) is 0 Å². The van der Waals surface area contributed by atoms with Crippen LogP contribution >= 0.6 is 0 Å². The van der Waals surface area contributed by atoms with Crippen LogP contribution in [0, 0.1) is 0 Å². The van der Waals surface area contributed by atoms with Crippen LogP contribution in [0.2, 0.25) is 0 Å². The van der Waals surface area contributed by atoms with Gasteiger partial charge in [-0.3, -0.25) is 0 Å². The Morgan fingerprint density at radius 3 is 2.76 bits per heavy atom. The van der Waals surface area contributed by atoms with E-state index in [0.717, 1.165) is 39.4 Å². The molecular weight excluding hydrogens is 264 g/mol. The lowest BCUT2D eigenvalue weighted by Crippen LogP contribution is -2.32. The molecular formula is C17H28N2O2. The number of anilines is 1. The van der Waals surface area contributed by atoms with Crippen LogP contribution in [0.15, 0.2) is 24.3 Å². The highest BCUT2D eigenvalue weighted by atomic mass is 16.5. The molecule has 1 aromatic rings. The molecule has 1 saturated heterocycles. The van der Waals surface area contributed by atoms with Crippen molar-refractivity contribution in [1.29, 1.82) is 0 Å². The highest BCUT2D eigenvalue weighted by molar-refractivity contribution is 5.47. The lowest BCUT2D eigenvalue weighted by atomic mass is 10.1. The van der Waals surface area contributed by atoms with Crippen molar-refractivity contribution in [2.45, 2.75) is 32.4 Å². The van der Waals surface area contributed by atoms with Crippen molar-refractivity contribution >= 4 is 5.69 Å². The fourth-order valence-electron chi connectivity index (χ4n) is 2.68. The van der Waals surface area contributed by atoms with Gasteiger partial charge in [0.15, 0.2) is 0 Å². The SMILES string of the molecule is CCN(CC1CCCO1)c1ccc(CNCCOC)cc1. The van der Waals surface area contributed by atoms with Crippen LogP contribution < -0.4 is 10.2 Å². The van der Waals surface area contributed by atoms with Crippen LogP contribution in [-0.4, -0.2) is 46.1 Å². The molecule has 21 heavy (non-hydrogen) atoms. The highest BCUT2D eigenvalue weighted by Crippen LogP contribution is 2.19. The molecule has 0 saturated carbocycles. The van der Waals surface area contributed by atoms with Gasteiger partial charge in [0, 0.05) is 45.6 Å². The Balaban J connectivity index is 1.83. The summed E-state index contributed by atoms with van der Waals surface area (Å²) < 4.78 is 10.8. The van der Waals surface area contributed by atoms with E-state index in [-0.39, 0.29) is 0 Å². The Morgan fingerprint density at radius 1 is 1.33 bits per heavy atom. The minimum Gasteiger partial charge on any atom is -0.383 e. The average molecular weight is 292 g/mol. The second kappa shape index (κ2) is 9.03. The third-order valence-electron chi connectivity index (χ3n) is 3.94. The molecule has 1 N–H and O–H groups in total. The molecule has 0 aliphatic carbocycles. The molecule has 0 aromatic heterocycles. The number of nitrogens with one attached hydrogen (secondary N) is 1. The zero-order chi connectivity index (χ0) is 14.9. The van der Waals surface area contributed by atoms with E-state index < -0.39 is 0 Å². The van der Waals surface area contributed by atoms with Crippen molar-refractivity contribution in [1.82, 2.24) is 5.32 Å². The van der Waals surface area contributed by atoms with Crippen molar-refractivity contribution in [2.75, 3.05) is 44.9 Å². The van der Waals surface area contributed by atoms with E-state index in [1.165, 1.54) is 24.1 Å². The average Bonchev–Trinajstić information content (AvgIpc) is 3.03. The van der Waals surface area contributed by atoms with Gasteiger partial charge in [-0.15, -0.1) is 0 Å². The van der Waals surface area contributed by atoms with Crippen molar-refractivity contribution in [2.24, 2.45) is 0 Å². The normalized spacial score (nSPS) is 18.1. The number of ether oxygens (including phenoxy) is 2. The van der Waals surface area contributed by atoms with E-state index in [1.807, 2.05) is 0 Å². The Morgan fingerprint density at radius 2 is 2.14 bits per heavy atom. The molecule has 4 nitrogen and oxygen atoms in total. The van der Waals surface area contributed by atoms with Crippen LogP contribution in [0.25, 0.3) is 0 Å². The standard InChI is InChI=1S/C17H28N2O2/c1-3-19(14-17-5-4-11-21-17)16-8-6-15(7-9-16)13-18-10-12-20-2/h6-9,17-18H,3-5,10-14H2,1-2H3. The van der Waals surface area contributed by atoms with Gasteiger partial charge in [-0.05, 0) is 37.5 Å². The van der Waals surface area contributed by atoms with E-state index >= 15 is 0 Å². The van der Waals surface area contributed by atoms with Gasteiger partial charge in [0.25, 0.3) is 0 Å². The predicted octanol–water partition coefficient (Wildman–Crippen LogP) is 2.43. The van der Waals surface area contributed by atoms with Crippen molar-refractivity contribution < 1.29 is 9.47 Å². The Bertz CT molecular complexity index is 388. The molecule has 1 aromatic carbocycles. The summed E-state index contributed by atoms with van der Waals surface area (Å²) in [6.07, 6.45) is 2.80. The first kappa shape index (κ1) is 16.3. The van der Waals surface area contributed by atoms with Gasteiger partial charge in [0.2, 0.25) is 0 Å². The van der Waals surface area contributed by atoms with Crippen LogP contribution in [-0.2, 0) is 16.0 Å². The van der Waals surface area contributed by atoms with Crippen LogP contribution in [0.1, 0.15) is 25.3 Å². The molecule has 0 spiro atoms. The van der Waals surface area contributed by atoms with Crippen LogP contribution in [0.5, 0.6) is 0 Å². The fourth-order valence-corrected chi connectivity index (χ4v) is 2.68. The molecule has 118 valence electrons. The largest absolute Gasteiger partial charge is 0.383 e. The number of likely N-dealkylation sites (N-methyl/N-ethyl adjacent to an activating group) is 1. The Kier molecular flexibility index (Phi) is 7.00. The van der Waals surface area contributed by atoms with E-state index in [9.17, 15) is 0 Å². The van der Waals surface area contributed by atoms with Gasteiger partial charge >= 0.3 is 0 Å². The Hall–Kier alpha value is -1.10. The zero-order valence-electron chi connectivity index (χ0n) is 13.3. The zero-order valence-corrected chi connectivity index (χ0v) is 13.3. The quantitative estimate of drug-likeness (QED) is 0.709. The topological polar surface area (TPSA) is 33.7 Å². The van der Waals surface area contributed by atoms with Crippen molar-refractivity contribution in [3.05, 3.63) is 29.8 Å². The molecule has 2 rings (SSSR count). The number of hydrogen-bond acceptors (Lipinski definition) is 4. The lowest BCUT2D eigenvalue weighted by Gasteiger charge is -2.26. The van der Waals surface area contributed by atoms with Crippen LogP contribution in [0.4, 0.5) is 5.69 Å². The summed E-state index contributed by atoms with van der Waals surface area (Å²) >= 11 is 0. The van der Waals surface area contributed by atoms with Gasteiger partial charge in [-0.25, -0.2) is 0 Å². The second-order valence-electron chi connectivity index (χ2n) is 5.51. The highest BCUT2D eigenvalue weighted by Gasteiger charge is 2.18. The summed E-state index contributed by atoms with van der Waals surface area (Å²) in [4.78, 5) is 2.40. The number of nitrogens with zero attached hydrogens (tertiary/aromatic N) is 1. The molecule has 4 heteroatoms. The maximum absolute atomic E-state index is 5.74.